The third-order valence-electron chi connectivity index (χ3n) is 5.02. The van der Waals surface area contributed by atoms with Gasteiger partial charge in [0.25, 0.3) is 0 Å². The van der Waals surface area contributed by atoms with Gasteiger partial charge in [0.05, 0.1) is 0 Å². The molecule has 0 heterocycles. The zero-order valence-corrected chi connectivity index (χ0v) is 15.0. The molecule has 1 unspecified atom stereocenters. The summed E-state index contributed by atoms with van der Waals surface area (Å²) >= 11 is 0. The number of alkyl halides is 3. The molecule has 3 atom stereocenters. The van der Waals surface area contributed by atoms with Crippen LogP contribution in [0.5, 0.6) is 0 Å². The van der Waals surface area contributed by atoms with Crippen molar-refractivity contribution in [1.82, 2.24) is 0 Å². The van der Waals surface area contributed by atoms with E-state index in [0.29, 0.717) is 5.56 Å². The van der Waals surface area contributed by atoms with Crippen LogP contribution < -0.4 is 5.19 Å². The SMILES string of the molecule is C[C@H]1[C@@H](c2ccccc2)C1(O[Si](C)(C)c1ccccc1)C(F)(F)F. The van der Waals surface area contributed by atoms with Gasteiger partial charge in [0.1, 0.15) is 0 Å². The summed E-state index contributed by atoms with van der Waals surface area (Å²) in [5.74, 6) is -1.23. The van der Waals surface area contributed by atoms with Crippen LogP contribution in [-0.2, 0) is 4.43 Å². The molecule has 24 heavy (non-hydrogen) atoms. The second-order valence-corrected chi connectivity index (χ2v) is 10.7. The van der Waals surface area contributed by atoms with Crippen molar-refractivity contribution < 1.29 is 17.6 Å². The van der Waals surface area contributed by atoms with Crippen molar-refractivity contribution in [1.29, 1.82) is 0 Å². The molecule has 1 aliphatic carbocycles. The fourth-order valence-corrected chi connectivity index (χ4v) is 6.08. The predicted molar refractivity (Wildman–Crippen MR) is 91.8 cm³/mol. The highest BCUT2D eigenvalue weighted by Gasteiger charge is 2.78. The minimum absolute atomic E-state index is 0.588. The molecule has 0 saturated heterocycles. The normalized spacial score (nSPS) is 27.1. The van der Waals surface area contributed by atoms with Gasteiger partial charge < -0.3 is 4.43 Å². The van der Waals surface area contributed by atoms with Crippen molar-refractivity contribution in [3.05, 3.63) is 66.2 Å². The van der Waals surface area contributed by atoms with Crippen molar-refractivity contribution in [3.63, 3.8) is 0 Å². The van der Waals surface area contributed by atoms with Crippen LogP contribution in [0.25, 0.3) is 0 Å². The lowest BCUT2D eigenvalue weighted by molar-refractivity contribution is -0.217. The number of halogens is 3. The Balaban J connectivity index is 1.98. The zero-order valence-electron chi connectivity index (χ0n) is 14.0. The van der Waals surface area contributed by atoms with E-state index in [4.69, 9.17) is 4.43 Å². The van der Waals surface area contributed by atoms with Gasteiger partial charge in [-0.15, -0.1) is 0 Å². The Labute approximate surface area is 141 Å². The molecule has 1 aliphatic rings. The van der Waals surface area contributed by atoms with Gasteiger partial charge in [0.2, 0.25) is 8.32 Å². The van der Waals surface area contributed by atoms with E-state index in [1.807, 2.05) is 49.5 Å². The Kier molecular flexibility index (Phi) is 4.12. The largest absolute Gasteiger partial charge is 0.417 e. The summed E-state index contributed by atoms with van der Waals surface area (Å²) in [6, 6.07) is 18.2. The fraction of sp³-hybridized carbons (Fsp3) is 0.368. The highest BCUT2D eigenvalue weighted by Crippen LogP contribution is 2.67. The third-order valence-corrected chi connectivity index (χ3v) is 7.60. The molecule has 1 fully saturated rings. The smallest absolute Gasteiger partial charge is 0.398 e. The molecule has 5 heteroatoms. The van der Waals surface area contributed by atoms with Crippen molar-refractivity contribution in [3.8, 4) is 0 Å². The van der Waals surface area contributed by atoms with Crippen molar-refractivity contribution in [2.75, 3.05) is 0 Å². The van der Waals surface area contributed by atoms with Crippen molar-refractivity contribution in [2.24, 2.45) is 5.92 Å². The monoisotopic (exact) mass is 350 g/mol. The van der Waals surface area contributed by atoms with Crippen LogP contribution in [0.3, 0.4) is 0 Å². The van der Waals surface area contributed by atoms with Gasteiger partial charge in [-0.05, 0) is 23.8 Å². The molecule has 0 spiro atoms. The van der Waals surface area contributed by atoms with E-state index >= 15 is 0 Å². The van der Waals surface area contributed by atoms with E-state index in [2.05, 4.69) is 0 Å². The second-order valence-electron chi connectivity index (χ2n) is 6.95. The average molecular weight is 350 g/mol. The van der Waals surface area contributed by atoms with Gasteiger partial charge in [-0.3, -0.25) is 0 Å². The molecular formula is C19H21F3OSi. The van der Waals surface area contributed by atoms with Gasteiger partial charge in [-0.2, -0.15) is 13.2 Å². The molecule has 0 aromatic heterocycles. The van der Waals surface area contributed by atoms with Crippen LogP contribution in [0, 0.1) is 5.92 Å². The minimum Gasteiger partial charge on any atom is -0.398 e. The molecule has 0 radical (unpaired) electrons. The fourth-order valence-electron chi connectivity index (χ4n) is 3.70. The predicted octanol–water partition coefficient (Wildman–Crippen LogP) is 4.85. The molecule has 0 bridgehead atoms. The molecule has 128 valence electrons. The molecule has 1 saturated carbocycles. The molecule has 0 amide bonds. The Morgan fingerprint density at radius 3 is 1.92 bits per heavy atom. The van der Waals surface area contributed by atoms with E-state index in [9.17, 15) is 13.2 Å². The highest BCUT2D eigenvalue weighted by atomic mass is 28.4. The van der Waals surface area contributed by atoms with E-state index in [-0.39, 0.29) is 0 Å². The zero-order chi connectivity index (χ0) is 17.6. The van der Waals surface area contributed by atoms with Gasteiger partial charge >= 0.3 is 6.18 Å². The van der Waals surface area contributed by atoms with Gasteiger partial charge in [-0.1, -0.05) is 67.6 Å². The van der Waals surface area contributed by atoms with E-state index < -0.39 is 31.9 Å². The van der Waals surface area contributed by atoms with E-state index in [0.717, 1.165) is 5.19 Å². The molecule has 2 aromatic carbocycles. The molecular weight excluding hydrogens is 329 g/mol. The molecule has 0 N–H and O–H groups in total. The highest BCUT2D eigenvalue weighted by molar-refractivity contribution is 6.84. The summed E-state index contributed by atoms with van der Waals surface area (Å²) in [7, 11) is -2.70. The molecule has 1 nitrogen and oxygen atoms in total. The third kappa shape index (κ3) is 2.69. The number of rotatable bonds is 4. The number of hydrogen-bond donors (Lipinski definition) is 0. The Bertz CT molecular complexity index is 700. The quantitative estimate of drug-likeness (QED) is 0.716. The first-order valence-electron chi connectivity index (χ1n) is 8.07. The lowest BCUT2D eigenvalue weighted by Gasteiger charge is -2.33. The lowest BCUT2D eigenvalue weighted by atomic mass is 10.1. The van der Waals surface area contributed by atoms with Crippen LogP contribution in [-0.4, -0.2) is 20.1 Å². The van der Waals surface area contributed by atoms with Crippen LogP contribution in [0.1, 0.15) is 18.4 Å². The topological polar surface area (TPSA) is 9.23 Å². The summed E-state index contributed by atoms with van der Waals surface area (Å²) in [4.78, 5) is 0. The second kappa shape index (κ2) is 5.74. The Hall–Kier alpha value is -1.59. The van der Waals surface area contributed by atoms with Crippen LogP contribution in [0.4, 0.5) is 13.2 Å². The van der Waals surface area contributed by atoms with Crippen LogP contribution >= 0.6 is 0 Å². The average Bonchev–Trinajstić information content (AvgIpc) is 3.13. The van der Waals surface area contributed by atoms with Crippen LogP contribution in [0.2, 0.25) is 13.1 Å². The first-order chi connectivity index (χ1) is 11.2. The van der Waals surface area contributed by atoms with Crippen LogP contribution in [0.15, 0.2) is 60.7 Å². The number of hydrogen-bond acceptors (Lipinski definition) is 1. The van der Waals surface area contributed by atoms with Crippen molar-refractivity contribution >= 4 is 13.5 Å². The summed E-state index contributed by atoms with van der Waals surface area (Å²) < 4.78 is 48.1. The molecule has 0 aliphatic heterocycles. The maximum atomic E-state index is 14.0. The van der Waals surface area contributed by atoms with Gasteiger partial charge in [-0.25, -0.2) is 0 Å². The summed E-state index contributed by atoms with van der Waals surface area (Å²) in [6.07, 6.45) is -4.40. The first-order valence-corrected chi connectivity index (χ1v) is 11.0. The maximum absolute atomic E-state index is 14.0. The Morgan fingerprint density at radius 2 is 1.42 bits per heavy atom. The summed E-state index contributed by atoms with van der Waals surface area (Å²) in [6.45, 7) is 5.31. The maximum Gasteiger partial charge on any atom is 0.417 e. The van der Waals surface area contributed by atoms with E-state index in [1.165, 1.54) is 0 Å². The number of benzene rings is 2. The molecule has 2 aromatic rings. The lowest BCUT2D eigenvalue weighted by Crippen LogP contribution is -2.53. The standard InChI is InChI=1S/C19H21F3OSi/c1-14-17(15-10-6-4-7-11-15)18(14,19(20,21)22)23-24(2,3)16-12-8-5-9-13-16/h4-14,17H,1-3H3/t14-,17-,18?/m0/s1. The molecule has 3 rings (SSSR count). The summed E-state index contributed by atoms with van der Waals surface area (Å²) in [5.41, 5.74) is -1.39. The van der Waals surface area contributed by atoms with Gasteiger partial charge in [0.15, 0.2) is 5.60 Å². The van der Waals surface area contributed by atoms with Gasteiger partial charge in [0, 0.05) is 11.8 Å². The summed E-state index contributed by atoms with van der Waals surface area (Å²) in [5, 5.41) is 0.875. The Morgan fingerprint density at radius 1 is 0.917 bits per heavy atom. The minimum atomic E-state index is -4.40. The van der Waals surface area contributed by atoms with E-state index in [1.54, 1.807) is 31.2 Å². The first kappa shape index (κ1) is 17.2. The van der Waals surface area contributed by atoms with Crippen molar-refractivity contribution in [2.45, 2.75) is 37.7 Å².